The highest BCUT2D eigenvalue weighted by Gasteiger charge is 2.51. The van der Waals surface area contributed by atoms with Gasteiger partial charge in [0.15, 0.2) is 12.2 Å². The number of esters is 2. The smallest absolute Gasteiger partial charge is 0.331 e. The highest BCUT2D eigenvalue weighted by molar-refractivity contribution is 5.90. The van der Waals surface area contributed by atoms with E-state index >= 15 is 0 Å². The molecule has 2 rings (SSSR count). The number of carbonyl (C=O) groups excluding carboxylic acids is 2. The molecule has 132 valence electrons. The molecule has 9 heteroatoms. The van der Waals surface area contributed by atoms with Crippen LogP contribution >= 0.6 is 0 Å². The number of carbonyl (C=O) groups is 3. The minimum Gasteiger partial charge on any atom is -0.513 e. The first-order valence-electron chi connectivity index (χ1n) is 7.28. The molecule has 24 heavy (non-hydrogen) atoms. The van der Waals surface area contributed by atoms with E-state index in [4.69, 9.17) is 29.2 Å². The molecule has 2 N–H and O–H groups in total. The number of rotatable bonds is 7. The van der Waals surface area contributed by atoms with Crippen molar-refractivity contribution in [2.75, 3.05) is 13.2 Å². The summed E-state index contributed by atoms with van der Waals surface area (Å²) in [5.74, 6) is -2.71. The van der Waals surface area contributed by atoms with Crippen molar-refractivity contribution in [1.29, 1.82) is 0 Å². The van der Waals surface area contributed by atoms with Crippen molar-refractivity contribution in [2.45, 2.75) is 37.3 Å². The van der Waals surface area contributed by atoms with Crippen molar-refractivity contribution in [3.8, 4) is 0 Å². The first-order chi connectivity index (χ1) is 11.4. The van der Waals surface area contributed by atoms with Crippen LogP contribution in [-0.2, 0) is 33.3 Å². The summed E-state index contributed by atoms with van der Waals surface area (Å²) < 4.78 is 21.3. The first kappa shape index (κ1) is 18.0. The van der Waals surface area contributed by atoms with Gasteiger partial charge in [-0.15, -0.1) is 0 Å². The van der Waals surface area contributed by atoms with Gasteiger partial charge in [0.05, 0.1) is 25.4 Å². The van der Waals surface area contributed by atoms with Gasteiger partial charge in [0.1, 0.15) is 12.2 Å². The second kappa shape index (κ2) is 7.93. The molecular weight excluding hydrogens is 324 g/mol. The topological polar surface area (TPSA) is 129 Å². The fourth-order valence-corrected chi connectivity index (χ4v) is 2.43. The van der Waals surface area contributed by atoms with Gasteiger partial charge in [0.25, 0.3) is 0 Å². The molecule has 4 atom stereocenters. The number of aliphatic carboxylic acids is 1. The monoisotopic (exact) mass is 342 g/mol. The normalized spacial score (nSPS) is 28.5. The third kappa shape index (κ3) is 4.80. The van der Waals surface area contributed by atoms with Crippen LogP contribution in [0.5, 0.6) is 0 Å². The van der Waals surface area contributed by atoms with Crippen molar-refractivity contribution >= 4 is 17.9 Å². The Morgan fingerprint density at radius 2 is 1.58 bits per heavy atom. The zero-order chi connectivity index (χ0) is 17.7. The highest BCUT2D eigenvalue weighted by Crippen LogP contribution is 2.31. The Morgan fingerprint density at radius 1 is 1.00 bits per heavy atom. The Bertz CT molecular complexity index is 553. The van der Waals surface area contributed by atoms with Crippen molar-refractivity contribution in [3.05, 3.63) is 24.5 Å². The van der Waals surface area contributed by atoms with Crippen LogP contribution in [0.25, 0.3) is 0 Å². The number of carboxylic acid groups (broad SMARTS) is 1. The van der Waals surface area contributed by atoms with Gasteiger partial charge < -0.3 is 29.2 Å². The quantitative estimate of drug-likeness (QED) is 0.376. The number of fused-ring (bicyclic) bond motifs is 1. The van der Waals surface area contributed by atoms with Crippen LogP contribution in [0, 0.1) is 0 Å². The Labute approximate surface area is 137 Å². The zero-order valence-electron chi connectivity index (χ0n) is 12.8. The van der Waals surface area contributed by atoms with Gasteiger partial charge in [-0.3, -0.25) is 4.79 Å². The Kier molecular flexibility index (Phi) is 5.93. The average molecular weight is 342 g/mol. The molecule has 2 fully saturated rings. The molecule has 0 aliphatic carbocycles. The van der Waals surface area contributed by atoms with E-state index in [9.17, 15) is 14.4 Å². The molecule has 2 aliphatic rings. The van der Waals surface area contributed by atoms with E-state index in [1.165, 1.54) is 0 Å². The summed E-state index contributed by atoms with van der Waals surface area (Å²) in [6.07, 6.45) is -0.923. The van der Waals surface area contributed by atoms with Crippen molar-refractivity contribution < 1.29 is 43.5 Å². The van der Waals surface area contributed by atoms with Crippen LogP contribution in [0.15, 0.2) is 24.5 Å². The number of ether oxygens (including phenoxy) is 4. The zero-order valence-corrected chi connectivity index (χ0v) is 12.8. The molecule has 2 saturated heterocycles. The van der Waals surface area contributed by atoms with Gasteiger partial charge in [-0.1, -0.05) is 6.58 Å². The predicted molar refractivity (Wildman–Crippen MR) is 77.0 cm³/mol. The molecule has 0 spiro atoms. The third-order valence-corrected chi connectivity index (χ3v) is 3.49. The Morgan fingerprint density at radius 3 is 2.12 bits per heavy atom. The second-order valence-electron chi connectivity index (χ2n) is 5.34. The SMILES string of the molecule is C=C(O)CCC(=O)O[C@H]1CO[C@H]2[C@@H]1OC[C@@H]2OC(=O)/C=C\C(=O)O. The standard InChI is InChI=1S/C15H18O9/c1-8(16)2-4-12(19)23-9-6-21-15-10(7-22-14(9)15)24-13(20)5-3-11(17)18/h3,5,9-10,14-16H,1-2,4,6-7H2,(H,17,18)/b5-3-/t9-,10-,14+,15+/m0/s1. The summed E-state index contributed by atoms with van der Waals surface area (Å²) >= 11 is 0. The first-order valence-corrected chi connectivity index (χ1v) is 7.28. The lowest BCUT2D eigenvalue weighted by molar-refractivity contribution is -0.154. The van der Waals surface area contributed by atoms with Gasteiger partial charge in [0.2, 0.25) is 0 Å². The number of hydrogen-bond acceptors (Lipinski definition) is 8. The number of hydrogen-bond donors (Lipinski definition) is 2. The highest BCUT2D eigenvalue weighted by atomic mass is 16.7. The molecule has 2 heterocycles. The summed E-state index contributed by atoms with van der Waals surface area (Å²) in [6, 6.07) is 0. The minimum absolute atomic E-state index is 0.0123. The van der Waals surface area contributed by atoms with Crippen LogP contribution in [0.2, 0.25) is 0 Å². The van der Waals surface area contributed by atoms with Gasteiger partial charge in [0, 0.05) is 18.6 Å². The van der Waals surface area contributed by atoms with Crippen LogP contribution < -0.4 is 0 Å². The molecular formula is C15H18O9. The van der Waals surface area contributed by atoms with E-state index in [1.54, 1.807) is 0 Å². The van der Waals surface area contributed by atoms with E-state index in [1.807, 2.05) is 0 Å². The molecule has 0 saturated carbocycles. The third-order valence-electron chi connectivity index (χ3n) is 3.49. The Balaban J connectivity index is 1.83. The molecule has 0 bridgehead atoms. The van der Waals surface area contributed by atoms with E-state index in [0.29, 0.717) is 6.08 Å². The van der Waals surface area contributed by atoms with Crippen LogP contribution in [0.3, 0.4) is 0 Å². The molecule has 0 aromatic heterocycles. The fourth-order valence-electron chi connectivity index (χ4n) is 2.43. The largest absolute Gasteiger partial charge is 0.513 e. The lowest BCUT2D eigenvalue weighted by atomic mass is 10.1. The molecule has 9 nitrogen and oxygen atoms in total. The molecule has 2 aliphatic heterocycles. The summed E-state index contributed by atoms with van der Waals surface area (Å²) in [4.78, 5) is 33.5. The maximum absolute atomic E-state index is 11.7. The fraction of sp³-hybridized carbons (Fsp3) is 0.533. The number of carboxylic acids is 1. The minimum atomic E-state index is -1.26. The van der Waals surface area contributed by atoms with Crippen LogP contribution in [0.4, 0.5) is 0 Å². The lowest BCUT2D eigenvalue weighted by Crippen LogP contribution is -2.35. The predicted octanol–water partition coefficient (Wildman–Crippen LogP) is 0.100. The van der Waals surface area contributed by atoms with E-state index in [2.05, 4.69) is 6.58 Å². The van der Waals surface area contributed by atoms with E-state index in [0.717, 1.165) is 6.08 Å². The Hall–Kier alpha value is -2.39. The van der Waals surface area contributed by atoms with E-state index < -0.39 is 42.3 Å². The summed E-state index contributed by atoms with van der Waals surface area (Å²) in [5.41, 5.74) is 0. The van der Waals surface area contributed by atoms with Gasteiger partial charge >= 0.3 is 17.9 Å². The molecule has 0 radical (unpaired) electrons. The van der Waals surface area contributed by atoms with Crippen LogP contribution in [-0.4, -0.2) is 65.8 Å². The van der Waals surface area contributed by atoms with Crippen LogP contribution in [0.1, 0.15) is 12.8 Å². The maximum atomic E-state index is 11.7. The number of allylic oxidation sites excluding steroid dienone is 1. The summed E-state index contributed by atoms with van der Waals surface area (Å²) in [5, 5.41) is 17.4. The number of aliphatic hydroxyl groups is 1. The summed E-state index contributed by atoms with van der Waals surface area (Å²) in [6.45, 7) is 3.44. The van der Waals surface area contributed by atoms with Gasteiger partial charge in [-0.05, 0) is 0 Å². The van der Waals surface area contributed by atoms with Gasteiger partial charge in [-0.2, -0.15) is 0 Å². The maximum Gasteiger partial charge on any atom is 0.331 e. The number of aliphatic hydroxyl groups excluding tert-OH is 1. The van der Waals surface area contributed by atoms with Crippen molar-refractivity contribution in [2.24, 2.45) is 0 Å². The summed E-state index contributed by atoms with van der Waals surface area (Å²) in [7, 11) is 0. The molecule has 0 amide bonds. The molecule has 0 aromatic rings. The van der Waals surface area contributed by atoms with Gasteiger partial charge in [-0.25, -0.2) is 9.59 Å². The molecule has 0 aromatic carbocycles. The molecule has 0 unspecified atom stereocenters. The lowest BCUT2D eigenvalue weighted by Gasteiger charge is -2.17. The van der Waals surface area contributed by atoms with Crippen molar-refractivity contribution in [3.63, 3.8) is 0 Å². The average Bonchev–Trinajstić information content (AvgIpc) is 3.07. The van der Waals surface area contributed by atoms with Crippen molar-refractivity contribution in [1.82, 2.24) is 0 Å². The second-order valence-corrected chi connectivity index (χ2v) is 5.34. The van der Waals surface area contributed by atoms with E-state index in [-0.39, 0.29) is 31.8 Å².